The molecule has 0 spiro atoms. The zero-order valence-corrected chi connectivity index (χ0v) is 15.4. The van der Waals surface area contributed by atoms with Crippen molar-refractivity contribution in [3.63, 3.8) is 0 Å². The molecule has 5 heteroatoms. The number of hydrogen-bond donors (Lipinski definition) is 1. The van der Waals surface area contributed by atoms with Gasteiger partial charge >= 0.3 is 6.09 Å². The van der Waals surface area contributed by atoms with Crippen LogP contribution in [0.5, 0.6) is 5.75 Å². The van der Waals surface area contributed by atoms with Gasteiger partial charge in [-0.3, -0.25) is 5.32 Å². The molecule has 1 aliphatic rings. The number of para-hydroxylation sites is 1. The Bertz CT molecular complexity index is 731. The first-order chi connectivity index (χ1) is 12.1. The van der Waals surface area contributed by atoms with Gasteiger partial charge in [0.15, 0.2) is 0 Å². The number of anilines is 1. The SMILES string of the molecule is CC1(C)OC(=O)Nc2c(OCCCCSc3ccccc3)cccc21. The van der Waals surface area contributed by atoms with Gasteiger partial charge in [-0.25, -0.2) is 4.79 Å². The lowest BCUT2D eigenvalue weighted by atomic mass is 9.94. The number of benzene rings is 2. The highest BCUT2D eigenvalue weighted by Crippen LogP contribution is 2.40. The molecule has 0 aromatic heterocycles. The van der Waals surface area contributed by atoms with Gasteiger partial charge in [-0.2, -0.15) is 0 Å². The smallest absolute Gasteiger partial charge is 0.412 e. The number of hydrogen-bond acceptors (Lipinski definition) is 4. The highest BCUT2D eigenvalue weighted by molar-refractivity contribution is 7.99. The van der Waals surface area contributed by atoms with Crippen LogP contribution in [0.2, 0.25) is 0 Å². The lowest BCUT2D eigenvalue weighted by molar-refractivity contribution is 0.0416. The molecule has 0 unspecified atom stereocenters. The summed E-state index contributed by atoms with van der Waals surface area (Å²) in [5.41, 5.74) is 1.01. The zero-order valence-electron chi connectivity index (χ0n) is 14.6. The first kappa shape index (κ1) is 17.7. The lowest BCUT2D eigenvalue weighted by Gasteiger charge is -2.33. The van der Waals surface area contributed by atoms with Gasteiger partial charge < -0.3 is 9.47 Å². The molecule has 4 nitrogen and oxygen atoms in total. The van der Waals surface area contributed by atoms with Crippen molar-refractivity contribution in [1.82, 2.24) is 0 Å². The van der Waals surface area contributed by atoms with Crippen LogP contribution >= 0.6 is 11.8 Å². The van der Waals surface area contributed by atoms with Gasteiger partial charge in [-0.05, 0) is 50.6 Å². The maximum absolute atomic E-state index is 11.8. The number of rotatable bonds is 7. The van der Waals surface area contributed by atoms with Crippen molar-refractivity contribution in [2.45, 2.75) is 37.2 Å². The quantitative estimate of drug-likeness (QED) is 0.530. The summed E-state index contributed by atoms with van der Waals surface area (Å²) >= 11 is 1.86. The van der Waals surface area contributed by atoms with Gasteiger partial charge in [-0.1, -0.05) is 30.3 Å². The third-order valence-electron chi connectivity index (χ3n) is 4.06. The average molecular weight is 357 g/mol. The van der Waals surface area contributed by atoms with Crippen LogP contribution in [0, 0.1) is 0 Å². The largest absolute Gasteiger partial charge is 0.491 e. The minimum absolute atomic E-state index is 0.437. The standard InChI is InChI=1S/C20H23NO3S/c1-20(2)16-11-8-12-17(18(16)21-19(22)24-20)23-13-6-7-14-25-15-9-4-3-5-10-15/h3-5,8-12H,6-7,13-14H2,1-2H3,(H,21,22). The van der Waals surface area contributed by atoms with Crippen molar-refractivity contribution in [1.29, 1.82) is 0 Å². The molecule has 0 atom stereocenters. The number of unbranched alkanes of at least 4 members (excludes halogenated alkanes) is 1. The van der Waals surface area contributed by atoms with Gasteiger partial charge in [0.25, 0.3) is 0 Å². The summed E-state index contributed by atoms with van der Waals surface area (Å²) in [5, 5.41) is 2.77. The van der Waals surface area contributed by atoms with E-state index in [2.05, 4.69) is 29.6 Å². The van der Waals surface area contributed by atoms with E-state index in [4.69, 9.17) is 9.47 Å². The van der Waals surface area contributed by atoms with Crippen LogP contribution in [0.1, 0.15) is 32.3 Å². The van der Waals surface area contributed by atoms with Crippen LogP contribution < -0.4 is 10.1 Å². The zero-order chi connectivity index (χ0) is 17.7. The predicted molar refractivity (Wildman–Crippen MR) is 101 cm³/mol. The maximum atomic E-state index is 11.8. The van der Waals surface area contributed by atoms with E-state index in [0.29, 0.717) is 12.4 Å². The highest BCUT2D eigenvalue weighted by atomic mass is 32.2. The molecule has 25 heavy (non-hydrogen) atoms. The Balaban J connectivity index is 1.50. The van der Waals surface area contributed by atoms with Crippen LogP contribution in [0.25, 0.3) is 0 Å². The fourth-order valence-corrected chi connectivity index (χ4v) is 3.72. The average Bonchev–Trinajstić information content (AvgIpc) is 2.58. The van der Waals surface area contributed by atoms with Crippen LogP contribution in [0.3, 0.4) is 0 Å². The molecule has 0 fully saturated rings. The van der Waals surface area contributed by atoms with Gasteiger partial charge in [-0.15, -0.1) is 11.8 Å². The van der Waals surface area contributed by atoms with E-state index in [1.807, 2.05) is 49.9 Å². The monoisotopic (exact) mass is 357 g/mol. The van der Waals surface area contributed by atoms with E-state index in [9.17, 15) is 4.79 Å². The van der Waals surface area contributed by atoms with Crippen LogP contribution in [0.15, 0.2) is 53.4 Å². The van der Waals surface area contributed by atoms with Crippen molar-refractivity contribution in [3.8, 4) is 5.75 Å². The van der Waals surface area contributed by atoms with Crippen LogP contribution in [-0.4, -0.2) is 18.5 Å². The van der Waals surface area contributed by atoms with E-state index in [-0.39, 0.29) is 0 Å². The van der Waals surface area contributed by atoms with Crippen molar-refractivity contribution < 1.29 is 14.3 Å². The number of carbonyl (C=O) groups excluding carboxylic acids is 1. The third-order valence-corrected chi connectivity index (χ3v) is 5.16. The fraction of sp³-hybridized carbons (Fsp3) is 0.350. The van der Waals surface area contributed by atoms with Crippen molar-refractivity contribution in [2.75, 3.05) is 17.7 Å². The molecule has 3 rings (SSSR count). The molecule has 1 N–H and O–H groups in total. The number of carbonyl (C=O) groups is 1. The van der Waals surface area contributed by atoms with E-state index >= 15 is 0 Å². The predicted octanol–water partition coefficient (Wildman–Crippen LogP) is 5.44. The summed E-state index contributed by atoms with van der Waals surface area (Å²) in [6, 6.07) is 16.2. The Labute approximate surface area is 152 Å². The Hall–Kier alpha value is -2.14. The van der Waals surface area contributed by atoms with E-state index in [1.165, 1.54) is 4.90 Å². The number of amides is 1. The first-order valence-corrected chi connectivity index (χ1v) is 9.49. The molecule has 132 valence electrons. The summed E-state index contributed by atoms with van der Waals surface area (Å²) in [5.74, 6) is 1.77. The Kier molecular flexibility index (Phi) is 5.53. The molecular weight excluding hydrogens is 334 g/mol. The van der Waals surface area contributed by atoms with Crippen molar-refractivity contribution in [2.24, 2.45) is 0 Å². The molecule has 2 aromatic rings. The second-order valence-electron chi connectivity index (χ2n) is 6.42. The topological polar surface area (TPSA) is 47.6 Å². The molecule has 1 amide bonds. The molecule has 0 radical (unpaired) electrons. The molecule has 0 bridgehead atoms. The minimum atomic E-state index is -0.649. The summed E-state index contributed by atoms with van der Waals surface area (Å²) in [4.78, 5) is 13.0. The van der Waals surface area contributed by atoms with Gasteiger partial charge in [0.1, 0.15) is 11.4 Å². The summed E-state index contributed by atoms with van der Waals surface area (Å²) in [6.07, 6.45) is 1.61. The molecule has 1 heterocycles. The van der Waals surface area contributed by atoms with E-state index < -0.39 is 11.7 Å². The van der Waals surface area contributed by atoms with Crippen molar-refractivity contribution in [3.05, 3.63) is 54.1 Å². The summed E-state index contributed by atoms with van der Waals surface area (Å²) in [7, 11) is 0. The molecule has 0 saturated carbocycles. The number of thioether (sulfide) groups is 1. The number of nitrogens with one attached hydrogen (secondary N) is 1. The Morgan fingerprint density at radius 1 is 1.08 bits per heavy atom. The summed E-state index contributed by atoms with van der Waals surface area (Å²) in [6.45, 7) is 4.40. The number of fused-ring (bicyclic) bond motifs is 1. The third kappa shape index (κ3) is 4.48. The lowest BCUT2D eigenvalue weighted by Crippen LogP contribution is -2.34. The number of cyclic esters (lactones) is 1. The second-order valence-corrected chi connectivity index (χ2v) is 7.59. The molecule has 0 aliphatic carbocycles. The summed E-state index contributed by atoms with van der Waals surface area (Å²) < 4.78 is 11.3. The minimum Gasteiger partial charge on any atom is -0.491 e. The maximum Gasteiger partial charge on any atom is 0.412 e. The normalized spacial score (nSPS) is 15.0. The van der Waals surface area contributed by atoms with E-state index in [0.717, 1.165) is 29.8 Å². The van der Waals surface area contributed by atoms with Gasteiger partial charge in [0.05, 0.1) is 12.3 Å². The van der Waals surface area contributed by atoms with Gasteiger partial charge in [0.2, 0.25) is 0 Å². The highest BCUT2D eigenvalue weighted by Gasteiger charge is 2.34. The first-order valence-electron chi connectivity index (χ1n) is 8.50. The molecular formula is C20H23NO3S. The molecule has 2 aromatic carbocycles. The van der Waals surface area contributed by atoms with Crippen molar-refractivity contribution >= 4 is 23.5 Å². The molecule has 1 aliphatic heterocycles. The van der Waals surface area contributed by atoms with Gasteiger partial charge in [0, 0.05) is 10.5 Å². The number of ether oxygens (including phenoxy) is 2. The van der Waals surface area contributed by atoms with E-state index in [1.54, 1.807) is 0 Å². The van der Waals surface area contributed by atoms with Crippen LogP contribution in [0.4, 0.5) is 10.5 Å². The van der Waals surface area contributed by atoms with Crippen LogP contribution in [-0.2, 0) is 10.3 Å². The fourth-order valence-electron chi connectivity index (χ4n) is 2.79. The molecule has 0 saturated heterocycles. The Morgan fingerprint density at radius 3 is 2.68 bits per heavy atom. The second kappa shape index (κ2) is 7.83. The Morgan fingerprint density at radius 2 is 1.88 bits per heavy atom.